The predicted molar refractivity (Wildman–Crippen MR) is 142 cm³/mol. The number of aromatic nitrogens is 2. The minimum absolute atomic E-state index is 0.156. The van der Waals surface area contributed by atoms with Crippen LogP contribution in [0.3, 0.4) is 0 Å². The van der Waals surface area contributed by atoms with Crippen molar-refractivity contribution in [3.8, 4) is 17.2 Å². The standard InChI is InChI=1S/C29H31N3O4S/c1-5-20-11-14-23(15-12-20)37(33,34)32-27-19(2)29(3,4)35-25-16-13-22(18-24(25)27)28-30-26(31-36-28)17-21-9-7-6-8-10-21/h6-16,18-19,27,32H,5,17H2,1-4H3. The van der Waals surface area contributed by atoms with Crippen molar-refractivity contribution in [2.24, 2.45) is 5.92 Å². The van der Waals surface area contributed by atoms with E-state index in [4.69, 9.17) is 9.26 Å². The third-order valence-electron chi connectivity index (χ3n) is 7.16. The number of hydrogen-bond donors (Lipinski definition) is 1. The summed E-state index contributed by atoms with van der Waals surface area (Å²) in [5.74, 6) is 1.43. The van der Waals surface area contributed by atoms with Crippen LogP contribution in [-0.4, -0.2) is 24.2 Å². The van der Waals surface area contributed by atoms with Crippen LogP contribution in [0.2, 0.25) is 0 Å². The molecular weight excluding hydrogens is 486 g/mol. The van der Waals surface area contributed by atoms with E-state index in [1.54, 1.807) is 12.1 Å². The molecule has 0 amide bonds. The molecular formula is C29H31N3O4S. The van der Waals surface area contributed by atoms with Gasteiger partial charge in [0.1, 0.15) is 11.4 Å². The Morgan fingerprint density at radius 2 is 1.70 bits per heavy atom. The van der Waals surface area contributed by atoms with E-state index in [9.17, 15) is 8.42 Å². The van der Waals surface area contributed by atoms with Gasteiger partial charge in [0.25, 0.3) is 5.89 Å². The molecule has 37 heavy (non-hydrogen) atoms. The first-order chi connectivity index (χ1) is 17.7. The largest absolute Gasteiger partial charge is 0.487 e. The highest BCUT2D eigenvalue weighted by atomic mass is 32.2. The third-order valence-corrected chi connectivity index (χ3v) is 8.62. The number of rotatable bonds is 7. The molecule has 8 heteroatoms. The molecule has 2 atom stereocenters. The van der Waals surface area contributed by atoms with E-state index < -0.39 is 21.7 Å². The average molecular weight is 518 g/mol. The average Bonchev–Trinajstić information content (AvgIpc) is 3.35. The number of nitrogens with zero attached hydrogens (tertiary/aromatic N) is 2. The van der Waals surface area contributed by atoms with Crippen LogP contribution < -0.4 is 9.46 Å². The fraction of sp³-hybridized carbons (Fsp3) is 0.310. The second kappa shape index (κ2) is 9.76. The van der Waals surface area contributed by atoms with Crippen LogP contribution in [0, 0.1) is 5.92 Å². The van der Waals surface area contributed by atoms with E-state index in [1.165, 1.54) is 0 Å². The Labute approximate surface area is 217 Å². The Balaban J connectivity index is 1.47. The topological polar surface area (TPSA) is 94.3 Å². The van der Waals surface area contributed by atoms with Gasteiger partial charge >= 0.3 is 0 Å². The molecule has 192 valence electrons. The molecule has 5 rings (SSSR count). The molecule has 1 aliphatic heterocycles. The molecule has 0 spiro atoms. The Hall–Kier alpha value is -3.49. The highest BCUT2D eigenvalue weighted by molar-refractivity contribution is 7.89. The number of benzene rings is 3. The summed E-state index contributed by atoms with van der Waals surface area (Å²) >= 11 is 0. The Bertz CT molecular complexity index is 1500. The van der Waals surface area contributed by atoms with Crippen LogP contribution in [0.15, 0.2) is 82.2 Å². The summed E-state index contributed by atoms with van der Waals surface area (Å²) in [6.45, 7) is 7.98. The monoisotopic (exact) mass is 517 g/mol. The van der Waals surface area contributed by atoms with Crippen molar-refractivity contribution in [1.82, 2.24) is 14.9 Å². The van der Waals surface area contributed by atoms with E-state index in [1.807, 2.05) is 88.4 Å². The van der Waals surface area contributed by atoms with Gasteiger partial charge in [0.15, 0.2) is 5.82 Å². The zero-order chi connectivity index (χ0) is 26.2. The van der Waals surface area contributed by atoms with E-state index in [2.05, 4.69) is 14.9 Å². The van der Waals surface area contributed by atoms with Crippen molar-refractivity contribution in [3.63, 3.8) is 0 Å². The molecule has 2 unspecified atom stereocenters. The van der Waals surface area contributed by atoms with Crippen molar-refractivity contribution in [3.05, 3.63) is 95.3 Å². The molecule has 1 N–H and O–H groups in total. The van der Waals surface area contributed by atoms with Gasteiger partial charge in [-0.2, -0.15) is 4.98 Å². The van der Waals surface area contributed by atoms with Gasteiger partial charge in [-0.15, -0.1) is 0 Å². The minimum atomic E-state index is -3.78. The van der Waals surface area contributed by atoms with Gasteiger partial charge in [0, 0.05) is 23.5 Å². The highest BCUT2D eigenvalue weighted by Crippen LogP contribution is 2.45. The summed E-state index contributed by atoms with van der Waals surface area (Å²) in [6.07, 6.45) is 1.40. The fourth-order valence-corrected chi connectivity index (χ4v) is 5.89. The minimum Gasteiger partial charge on any atom is -0.487 e. The van der Waals surface area contributed by atoms with Gasteiger partial charge in [0.2, 0.25) is 10.0 Å². The summed E-state index contributed by atoms with van der Waals surface area (Å²) in [5, 5.41) is 4.14. The number of ether oxygens (including phenoxy) is 1. The SMILES string of the molecule is CCc1ccc(S(=O)(=O)NC2c3cc(-c4nc(Cc5ccccc5)no4)ccc3OC(C)(C)C2C)cc1. The van der Waals surface area contributed by atoms with Gasteiger partial charge in [0.05, 0.1) is 10.9 Å². The maximum absolute atomic E-state index is 13.4. The van der Waals surface area contributed by atoms with E-state index in [0.29, 0.717) is 29.4 Å². The summed E-state index contributed by atoms with van der Waals surface area (Å²) in [4.78, 5) is 4.82. The number of aryl methyl sites for hydroxylation is 1. The summed E-state index contributed by atoms with van der Waals surface area (Å²) < 4.78 is 41.6. The number of hydrogen-bond acceptors (Lipinski definition) is 6. The molecule has 0 saturated carbocycles. The molecule has 1 aliphatic rings. The first-order valence-corrected chi connectivity index (χ1v) is 14.0. The summed E-state index contributed by atoms with van der Waals surface area (Å²) in [7, 11) is -3.78. The molecule has 1 aromatic heterocycles. The summed E-state index contributed by atoms with van der Waals surface area (Å²) in [6, 6.07) is 22.0. The first-order valence-electron chi connectivity index (χ1n) is 12.5. The van der Waals surface area contributed by atoms with Gasteiger partial charge in [-0.3, -0.25) is 0 Å². The number of sulfonamides is 1. The molecule has 7 nitrogen and oxygen atoms in total. The maximum atomic E-state index is 13.4. The highest BCUT2D eigenvalue weighted by Gasteiger charge is 2.43. The molecule has 3 aromatic carbocycles. The lowest BCUT2D eigenvalue weighted by molar-refractivity contribution is 0.0167. The molecule has 0 radical (unpaired) electrons. The molecule has 4 aromatic rings. The van der Waals surface area contributed by atoms with Gasteiger partial charge in [-0.25, -0.2) is 13.1 Å². The maximum Gasteiger partial charge on any atom is 0.257 e. The predicted octanol–water partition coefficient (Wildman–Crippen LogP) is 5.72. The number of fused-ring (bicyclic) bond motifs is 1. The Morgan fingerprint density at radius 3 is 2.41 bits per heavy atom. The van der Waals surface area contributed by atoms with Crippen LogP contribution in [0.1, 0.15) is 56.3 Å². The van der Waals surface area contributed by atoms with Crippen molar-refractivity contribution in [2.45, 2.75) is 57.1 Å². The molecule has 2 heterocycles. The first kappa shape index (κ1) is 25.2. The zero-order valence-electron chi connectivity index (χ0n) is 21.4. The Kier molecular flexibility index (Phi) is 6.64. The van der Waals surface area contributed by atoms with E-state index >= 15 is 0 Å². The van der Waals surface area contributed by atoms with Crippen LogP contribution in [-0.2, 0) is 22.9 Å². The smallest absolute Gasteiger partial charge is 0.257 e. The van der Waals surface area contributed by atoms with Crippen molar-refractivity contribution >= 4 is 10.0 Å². The zero-order valence-corrected chi connectivity index (χ0v) is 22.2. The van der Waals surface area contributed by atoms with Crippen LogP contribution in [0.25, 0.3) is 11.5 Å². The Morgan fingerprint density at radius 1 is 0.973 bits per heavy atom. The fourth-order valence-electron chi connectivity index (χ4n) is 4.59. The molecule has 0 bridgehead atoms. The lowest BCUT2D eigenvalue weighted by atomic mass is 9.80. The van der Waals surface area contributed by atoms with Gasteiger partial charge in [-0.05, 0) is 61.7 Å². The van der Waals surface area contributed by atoms with Gasteiger partial charge in [-0.1, -0.05) is 61.5 Å². The second-order valence-corrected chi connectivity index (χ2v) is 11.7. The quantitative estimate of drug-likeness (QED) is 0.337. The van der Waals surface area contributed by atoms with Crippen molar-refractivity contribution in [1.29, 1.82) is 0 Å². The van der Waals surface area contributed by atoms with Crippen LogP contribution in [0.5, 0.6) is 5.75 Å². The lowest BCUT2D eigenvalue weighted by Gasteiger charge is -2.43. The lowest BCUT2D eigenvalue weighted by Crippen LogP contribution is -2.48. The third kappa shape index (κ3) is 5.17. The van der Waals surface area contributed by atoms with E-state index in [0.717, 1.165) is 23.1 Å². The van der Waals surface area contributed by atoms with Crippen molar-refractivity contribution in [2.75, 3.05) is 0 Å². The van der Waals surface area contributed by atoms with Crippen molar-refractivity contribution < 1.29 is 17.7 Å². The molecule has 0 saturated heterocycles. The van der Waals surface area contributed by atoms with Crippen LogP contribution in [0.4, 0.5) is 0 Å². The molecule has 0 aliphatic carbocycles. The second-order valence-electron chi connectivity index (χ2n) is 10.0. The van der Waals surface area contributed by atoms with E-state index in [-0.39, 0.29) is 10.8 Å². The number of nitrogens with one attached hydrogen (secondary N) is 1. The normalized spacial score (nSPS) is 18.7. The summed E-state index contributed by atoms with van der Waals surface area (Å²) in [5.41, 5.74) is 3.03. The molecule has 0 fully saturated rings. The van der Waals surface area contributed by atoms with Crippen LogP contribution >= 0.6 is 0 Å². The van der Waals surface area contributed by atoms with Gasteiger partial charge < -0.3 is 9.26 Å².